The molecule has 0 aliphatic heterocycles. The van der Waals surface area contributed by atoms with Gasteiger partial charge in [-0.15, -0.1) is 0 Å². The fraction of sp³-hybridized carbons (Fsp3) is 0.250. The lowest BCUT2D eigenvalue weighted by molar-refractivity contribution is 0.163. The van der Waals surface area contributed by atoms with Crippen molar-refractivity contribution >= 4 is 15.9 Å². The molecule has 0 saturated heterocycles. The quantitative estimate of drug-likeness (QED) is 0.874. The number of halogens is 2. The largest absolute Gasteiger partial charge is 0.481 e. The van der Waals surface area contributed by atoms with Gasteiger partial charge >= 0.3 is 0 Å². The molecule has 0 amide bonds. The van der Waals surface area contributed by atoms with E-state index in [1.165, 1.54) is 6.07 Å². The van der Waals surface area contributed by atoms with Crippen LogP contribution in [0, 0.1) is 5.82 Å². The summed E-state index contributed by atoms with van der Waals surface area (Å²) >= 11 is 3.50. The van der Waals surface area contributed by atoms with E-state index < -0.39 is 6.10 Å². The summed E-state index contributed by atoms with van der Waals surface area (Å²) in [5.41, 5.74) is 7.07. The van der Waals surface area contributed by atoms with Crippen molar-refractivity contribution in [1.82, 2.24) is 0 Å². The summed E-state index contributed by atoms with van der Waals surface area (Å²) in [5.74, 6) is -0.162. The van der Waals surface area contributed by atoms with Gasteiger partial charge in [0.05, 0.1) is 0 Å². The van der Waals surface area contributed by atoms with Gasteiger partial charge in [-0.1, -0.05) is 53.2 Å². The molecule has 0 fully saturated rings. The number of nitrogens with two attached hydrogens (primary N) is 1. The Hall–Kier alpha value is -1.39. The Bertz CT molecular complexity index is 576. The molecule has 0 aliphatic rings. The van der Waals surface area contributed by atoms with Crippen LogP contribution in [-0.4, -0.2) is 6.04 Å². The van der Waals surface area contributed by atoms with Crippen LogP contribution in [0.2, 0.25) is 0 Å². The summed E-state index contributed by atoms with van der Waals surface area (Å²) in [4.78, 5) is 0. The Kier molecular flexibility index (Phi) is 5.15. The SMILES string of the molecule is CCC(N)C(Oc1ccccc1F)c1ccccc1Br. The van der Waals surface area contributed by atoms with Gasteiger partial charge in [0.1, 0.15) is 6.10 Å². The number of para-hydroxylation sites is 1. The van der Waals surface area contributed by atoms with Gasteiger partial charge in [-0.25, -0.2) is 4.39 Å². The molecule has 106 valence electrons. The first kappa shape index (κ1) is 15.0. The molecule has 0 aliphatic carbocycles. The fourth-order valence-corrected chi connectivity index (χ4v) is 2.49. The van der Waals surface area contributed by atoms with Crippen LogP contribution in [0.3, 0.4) is 0 Å². The maximum atomic E-state index is 13.8. The van der Waals surface area contributed by atoms with Crippen LogP contribution in [0.1, 0.15) is 25.0 Å². The van der Waals surface area contributed by atoms with Gasteiger partial charge in [-0.05, 0) is 24.6 Å². The zero-order valence-corrected chi connectivity index (χ0v) is 12.8. The second-order valence-electron chi connectivity index (χ2n) is 4.56. The Morgan fingerprint density at radius 1 is 1.15 bits per heavy atom. The molecule has 2 rings (SSSR count). The molecular formula is C16H17BrFNO. The third-order valence-corrected chi connectivity index (χ3v) is 3.88. The van der Waals surface area contributed by atoms with Crippen LogP contribution in [0.5, 0.6) is 5.75 Å². The van der Waals surface area contributed by atoms with Crippen LogP contribution in [0.15, 0.2) is 53.0 Å². The molecule has 2 N–H and O–H groups in total. The Morgan fingerprint density at radius 3 is 2.45 bits per heavy atom. The maximum Gasteiger partial charge on any atom is 0.165 e. The topological polar surface area (TPSA) is 35.2 Å². The van der Waals surface area contributed by atoms with E-state index in [2.05, 4.69) is 15.9 Å². The van der Waals surface area contributed by atoms with E-state index in [9.17, 15) is 4.39 Å². The minimum atomic E-state index is -0.396. The van der Waals surface area contributed by atoms with E-state index in [1.807, 2.05) is 31.2 Å². The van der Waals surface area contributed by atoms with E-state index in [1.54, 1.807) is 18.2 Å². The predicted molar refractivity (Wildman–Crippen MR) is 82.2 cm³/mol. The van der Waals surface area contributed by atoms with Crippen LogP contribution in [0.4, 0.5) is 4.39 Å². The number of ether oxygens (including phenoxy) is 1. The molecule has 0 heterocycles. The molecule has 2 aromatic carbocycles. The lowest BCUT2D eigenvalue weighted by atomic mass is 10.0. The average Bonchev–Trinajstić information content (AvgIpc) is 2.47. The first-order valence-electron chi connectivity index (χ1n) is 6.54. The highest BCUT2D eigenvalue weighted by Crippen LogP contribution is 2.31. The molecule has 0 aromatic heterocycles. The molecule has 0 bridgehead atoms. The minimum Gasteiger partial charge on any atom is -0.481 e. The molecule has 0 radical (unpaired) electrons. The lowest BCUT2D eigenvalue weighted by Gasteiger charge is -2.25. The minimum absolute atomic E-state index is 0.215. The highest BCUT2D eigenvalue weighted by Gasteiger charge is 2.23. The molecule has 2 atom stereocenters. The van der Waals surface area contributed by atoms with Crippen molar-refractivity contribution < 1.29 is 9.13 Å². The Balaban J connectivity index is 2.35. The first-order chi connectivity index (χ1) is 9.63. The maximum absolute atomic E-state index is 13.8. The standard InChI is InChI=1S/C16H17BrFNO/c1-2-14(19)16(11-7-3-4-8-12(11)17)20-15-10-6-5-9-13(15)18/h3-10,14,16H,2,19H2,1H3. The molecule has 2 aromatic rings. The second kappa shape index (κ2) is 6.86. The fourth-order valence-electron chi connectivity index (χ4n) is 1.98. The van der Waals surface area contributed by atoms with Crippen molar-refractivity contribution in [2.45, 2.75) is 25.5 Å². The molecule has 2 nitrogen and oxygen atoms in total. The van der Waals surface area contributed by atoms with Gasteiger partial charge in [-0.2, -0.15) is 0 Å². The van der Waals surface area contributed by atoms with Crippen molar-refractivity contribution in [3.05, 3.63) is 64.4 Å². The molecular weight excluding hydrogens is 321 g/mol. The summed E-state index contributed by atoms with van der Waals surface area (Å²) in [6.07, 6.45) is 0.341. The Labute approximate surface area is 126 Å². The van der Waals surface area contributed by atoms with Crippen molar-refractivity contribution in [3.63, 3.8) is 0 Å². The molecule has 2 unspecified atom stereocenters. The molecule has 0 saturated carbocycles. The third kappa shape index (κ3) is 3.38. The van der Waals surface area contributed by atoms with Gasteiger partial charge < -0.3 is 10.5 Å². The molecule has 20 heavy (non-hydrogen) atoms. The van der Waals surface area contributed by atoms with E-state index in [0.29, 0.717) is 0 Å². The number of benzene rings is 2. The van der Waals surface area contributed by atoms with Gasteiger partial charge in [-0.3, -0.25) is 0 Å². The highest BCUT2D eigenvalue weighted by molar-refractivity contribution is 9.10. The van der Waals surface area contributed by atoms with E-state index in [0.717, 1.165) is 16.5 Å². The van der Waals surface area contributed by atoms with Crippen LogP contribution in [0.25, 0.3) is 0 Å². The van der Waals surface area contributed by atoms with Gasteiger partial charge in [0, 0.05) is 16.1 Å². The summed E-state index contributed by atoms with van der Waals surface area (Å²) < 4.78 is 20.5. The lowest BCUT2D eigenvalue weighted by Crippen LogP contribution is -2.31. The highest BCUT2D eigenvalue weighted by atomic mass is 79.9. The zero-order valence-electron chi connectivity index (χ0n) is 11.2. The number of hydrogen-bond donors (Lipinski definition) is 1. The Morgan fingerprint density at radius 2 is 1.80 bits per heavy atom. The second-order valence-corrected chi connectivity index (χ2v) is 5.42. The van der Waals surface area contributed by atoms with Crippen LogP contribution in [-0.2, 0) is 0 Å². The molecule has 4 heteroatoms. The smallest absolute Gasteiger partial charge is 0.165 e. The molecule has 0 spiro atoms. The van der Waals surface area contributed by atoms with Crippen LogP contribution >= 0.6 is 15.9 Å². The van der Waals surface area contributed by atoms with Crippen LogP contribution < -0.4 is 10.5 Å². The summed E-state index contributed by atoms with van der Waals surface area (Å²) in [7, 11) is 0. The van der Waals surface area contributed by atoms with Crippen molar-refractivity contribution in [1.29, 1.82) is 0 Å². The third-order valence-electron chi connectivity index (χ3n) is 3.16. The van der Waals surface area contributed by atoms with Gasteiger partial charge in [0.15, 0.2) is 11.6 Å². The summed E-state index contributed by atoms with van der Waals surface area (Å²) in [5, 5.41) is 0. The predicted octanol–water partition coefficient (Wildman–Crippen LogP) is 4.45. The van der Waals surface area contributed by atoms with Gasteiger partial charge in [0.25, 0.3) is 0 Å². The van der Waals surface area contributed by atoms with E-state index >= 15 is 0 Å². The average molecular weight is 338 g/mol. The number of hydrogen-bond acceptors (Lipinski definition) is 2. The van der Waals surface area contributed by atoms with Crippen molar-refractivity contribution in [2.75, 3.05) is 0 Å². The van der Waals surface area contributed by atoms with Crippen molar-refractivity contribution in [2.24, 2.45) is 5.73 Å². The van der Waals surface area contributed by atoms with Gasteiger partial charge in [0.2, 0.25) is 0 Å². The van der Waals surface area contributed by atoms with E-state index in [-0.39, 0.29) is 17.6 Å². The monoisotopic (exact) mass is 337 g/mol. The normalized spacial score (nSPS) is 13.8. The summed E-state index contributed by atoms with van der Waals surface area (Å²) in [6, 6.07) is 13.9. The first-order valence-corrected chi connectivity index (χ1v) is 7.34. The number of rotatable bonds is 5. The summed E-state index contributed by atoms with van der Waals surface area (Å²) in [6.45, 7) is 1.99. The van der Waals surface area contributed by atoms with E-state index in [4.69, 9.17) is 10.5 Å². The zero-order chi connectivity index (χ0) is 14.5. The van der Waals surface area contributed by atoms with Crippen molar-refractivity contribution in [3.8, 4) is 5.75 Å².